The Bertz CT molecular complexity index is 701. The standard InChI is InChI=1S/C11H7N5O2/c12-10(17)9-8(14-16-15-9)5-1-2-6-4-13-11(18)7(6)3-5/h1-4H,(H2,12,17)(H,14,15,16). The summed E-state index contributed by atoms with van der Waals surface area (Å²) in [5.74, 6) is -0.988. The zero-order chi connectivity index (χ0) is 12.7. The van der Waals surface area contributed by atoms with Crippen LogP contribution in [-0.2, 0) is 0 Å². The summed E-state index contributed by atoms with van der Waals surface area (Å²) in [7, 11) is 0. The highest BCUT2D eigenvalue weighted by molar-refractivity contribution is 6.13. The van der Waals surface area contributed by atoms with Gasteiger partial charge >= 0.3 is 0 Å². The van der Waals surface area contributed by atoms with E-state index in [2.05, 4.69) is 20.4 Å². The molecule has 1 aromatic carbocycles. The Balaban J connectivity index is 2.14. The number of hydrogen-bond acceptors (Lipinski definition) is 4. The van der Waals surface area contributed by atoms with Gasteiger partial charge in [-0.2, -0.15) is 15.4 Å². The molecule has 2 aromatic rings. The van der Waals surface area contributed by atoms with Crippen LogP contribution in [0.1, 0.15) is 26.4 Å². The Hall–Kier alpha value is -2.83. The number of fused-ring (bicyclic) bond motifs is 1. The molecule has 0 radical (unpaired) electrons. The van der Waals surface area contributed by atoms with E-state index in [1.807, 2.05) is 0 Å². The van der Waals surface area contributed by atoms with Gasteiger partial charge in [-0.3, -0.25) is 9.59 Å². The Labute approximate surface area is 101 Å². The summed E-state index contributed by atoms with van der Waals surface area (Å²) in [4.78, 5) is 26.3. The van der Waals surface area contributed by atoms with Gasteiger partial charge in [-0.1, -0.05) is 12.1 Å². The van der Waals surface area contributed by atoms with Crippen molar-refractivity contribution >= 4 is 18.0 Å². The molecule has 0 atom stereocenters. The summed E-state index contributed by atoms with van der Waals surface area (Å²) < 4.78 is 0. The second-order valence-electron chi connectivity index (χ2n) is 3.75. The molecule has 18 heavy (non-hydrogen) atoms. The zero-order valence-corrected chi connectivity index (χ0v) is 9.04. The third-order valence-corrected chi connectivity index (χ3v) is 2.66. The highest BCUT2D eigenvalue weighted by atomic mass is 16.1. The van der Waals surface area contributed by atoms with Crippen molar-refractivity contribution in [3.05, 3.63) is 35.0 Å². The van der Waals surface area contributed by atoms with E-state index in [1.165, 1.54) is 6.21 Å². The van der Waals surface area contributed by atoms with Crippen molar-refractivity contribution in [3.63, 3.8) is 0 Å². The normalized spacial score (nSPS) is 12.8. The number of carbonyl (C=O) groups excluding carboxylic acids is 2. The maximum absolute atomic E-state index is 11.5. The minimum Gasteiger partial charge on any atom is -0.364 e. The van der Waals surface area contributed by atoms with E-state index in [0.717, 1.165) is 5.56 Å². The molecule has 3 N–H and O–H groups in total. The van der Waals surface area contributed by atoms with E-state index in [4.69, 9.17) is 5.73 Å². The number of primary amides is 1. The minimum absolute atomic E-state index is 0.0429. The number of aliphatic imine (C=N–C) groups is 1. The van der Waals surface area contributed by atoms with Crippen molar-refractivity contribution in [1.29, 1.82) is 0 Å². The number of amides is 2. The monoisotopic (exact) mass is 241 g/mol. The fourth-order valence-electron chi connectivity index (χ4n) is 1.80. The van der Waals surface area contributed by atoms with Gasteiger partial charge in [-0.05, 0) is 6.07 Å². The van der Waals surface area contributed by atoms with Crippen LogP contribution in [0.5, 0.6) is 0 Å². The first-order valence-corrected chi connectivity index (χ1v) is 5.10. The van der Waals surface area contributed by atoms with Crippen molar-refractivity contribution in [2.75, 3.05) is 0 Å². The molecule has 2 amide bonds. The molecule has 0 saturated carbocycles. The first kappa shape index (κ1) is 10.3. The van der Waals surface area contributed by atoms with Gasteiger partial charge in [-0.15, -0.1) is 0 Å². The van der Waals surface area contributed by atoms with Gasteiger partial charge in [0.05, 0.1) is 5.56 Å². The fraction of sp³-hybridized carbons (Fsp3) is 0. The molecule has 1 aromatic heterocycles. The third-order valence-electron chi connectivity index (χ3n) is 2.66. The number of nitrogens with zero attached hydrogens (tertiary/aromatic N) is 3. The lowest BCUT2D eigenvalue weighted by atomic mass is 10.0. The van der Waals surface area contributed by atoms with Gasteiger partial charge in [0.15, 0.2) is 5.69 Å². The summed E-state index contributed by atoms with van der Waals surface area (Å²) >= 11 is 0. The van der Waals surface area contributed by atoms with Crippen molar-refractivity contribution < 1.29 is 9.59 Å². The summed E-state index contributed by atoms with van der Waals surface area (Å²) in [6, 6.07) is 5.08. The Morgan fingerprint density at radius 1 is 1.28 bits per heavy atom. The molecule has 88 valence electrons. The molecule has 0 spiro atoms. The molecule has 1 aliphatic heterocycles. The summed E-state index contributed by atoms with van der Waals surface area (Å²) in [5, 5.41) is 9.89. The number of nitrogens with two attached hydrogens (primary N) is 1. The molecule has 7 nitrogen and oxygen atoms in total. The van der Waals surface area contributed by atoms with Crippen LogP contribution in [-0.4, -0.2) is 33.4 Å². The molecule has 7 heteroatoms. The number of hydrogen-bond donors (Lipinski definition) is 2. The number of benzene rings is 1. The lowest BCUT2D eigenvalue weighted by Gasteiger charge is -2.01. The predicted molar refractivity (Wildman–Crippen MR) is 62.3 cm³/mol. The fourth-order valence-corrected chi connectivity index (χ4v) is 1.80. The molecular formula is C11H7N5O2. The predicted octanol–water partition coefficient (Wildman–Crippen LogP) is 0.143. The molecular weight excluding hydrogens is 234 g/mol. The quantitative estimate of drug-likeness (QED) is 0.778. The molecule has 0 saturated heterocycles. The van der Waals surface area contributed by atoms with E-state index in [1.54, 1.807) is 18.2 Å². The Kier molecular flexibility index (Phi) is 2.06. The highest BCUT2D eigenvalue weighted by Gasteiger charge is 2.20. The molecule has 1 aliphatic rings. The number of H-pyrrole nitrogens is 1. The SMILES string of the molecule is NC(=O)c1n[nH]nc1-c1ccc2c(c1)C(=O)N=C2. The van der Waals surface area contributed by atoms with Gasteiger partial charge in [0.25, 0.3) is 11.8 Å². The first-order valence-electron chi connectivity index (χ1n) is 5.10. The number of aromatic nitrogens is 3. The number of aromatic amines is 1. The lowest BCUT2D eigenvalue weighted by Crippen LogP contribution is -2.12. The molecule has 2 heterocycles. The molecule has 0 unspecified atom stereocenters. The van der Waals surface area contributed by atoms with Crippen LogP contribution < -0.4 is 5.73 Å². The minimum atomic E-state index is -0.679. The molecule has 3 rings (SSSR count). The summed E-state index contributed by atoms with van der Waals surface area (Å²) in [6.07, 6.45) is 1.50. The Morgan fingerprint density at radius 3 is 2.89 bits per heavy atom. The number of carbonyl (C=O) groups is 2. The average Bonchev–Trinajstić information content (AvgIpc) is 2.96. The summed E-state index contributed by atoms with van der Waals surface area (Å²) in [5.41, 5.74) is 7.36. The largest absolute Gasteiger partial charge is 0.364 e. The highest BCUT2D eigenvalue weighted by Crippen LogP contribution is 2.24. The van der Waals surface area contributed by atoms with Gasteiger partial charge in [-0.25, -0.2) is 4.99 Å². The second kappa shape index (κ2) is 3.59. The lowest BCUT2D eigenvalue weighted by molar-refractivity contribution is 0.0992. The van der Waals surface area contributed by atoms with E-state index in [-0.39, 0.29) is 11.6 Å². The van der Waals surface area contributed by atoms with Crippen LogP contribution in [0.15, 0.2) is 23.2 Å². The van der Waals surface area contributed by atoms with Crippen LogP contribution in [0, 0.1) is 0 Å². The van der Waals surface area contributed by atoms with E-state index < -0.39 is 5.91 Å². The smallest absolute Gasteiger partial charge is 0.277 e. The van der Waals surface area contributed by atoms with Crippen molar-refractivity contribution in [2.24, 2.45) is 10.7 Å². The van der Waals surface area contributed by atoms with Gasteiger partial charge in [0.1, 0.15) is 5.69 Å². The Morgan fingerprint density at radius 2 is 2.11 bits per heavy atom. The van der Waals surface area contributed by atoms with Gasteiger partial charge in [0.2, 0.25) is 0 Å². The van der Waals surface area contributed by atoms with Crippen LogP contribution in [0.4, 0.5) is 0 Å². The van der Waals surface area contributed by atoms with Crippen LogP contribution in [0.2, 0.25) is 0 Å². The summed E-state index contributed by atoms with van der Waals surface area (Å²) in [6.45, 7) is 0. The zero-order valence-electron chi connectivity index (χ0n) is 9.04. The maximum Gasteiger partial charge on any atom is 0.277 e. The molecule has 0 fully saturated rings. The first-order chi connectivity index (χ1) is 8.66. The van der Waals surface area contributed by atoms with E-state index >= 15 is 0 Å². The number of rotatable bonds is 2. The van der Waals surface area contributed by atoms with E-state index in [9.17, 15) is 9.59 Å². The average molecular weight is 241 g/mol. The maximum atomic E-state index is 11.5. The third kappa shape index (κ3) is 1.41. The molecule has 0 bridgehead atoms. The molecule has 0 aliphatic carbocycles. The second-order valence-corrected chi connectivity index (χ2v) is 3.75. The number of nitrogens with one attached hydrogen (secondary N) is 1. The van der Waals surface area contributed by atoms with Crippen LogP contribution in [0.3, 0.4) is 0 Å². The van der Waals surface area contributed by atoms with Gasteiger partial charge < -0.3 is 5.73 Å². The van der Waals surface area contributed by atoms with Crippen LogP contribution >= 0.6 is 0 Å². The van der Waals surface area contributed by atoms with Crippen molar-refractivity contribution in [3.8, 4) is 11.3 Å². The van der Waals surface area contributed by atoms with E-state index in [0.29, 0.717) is 16.8 Å². The van der Waals surface area contributed by atoms with Crippen molar-refractivity contribution in [2.45, 2.75) is 0 Å². The van der Waals surface area contributed by atoms with Crippen LogP contribution in [0.25, 0.3) is 11.3 Å². The van der Waals surface area contributed by atoms with Gasteiger partial charge in [0, 0.05) is 17.3 Å². The topological polar surface area (TPSA) is 114 Å². The van der Waals surface area contributed by atoms with Crippen molar-refractivity contribution in [1.82, 2.24) is 15.4 Å².